The number of ether oxygens (including phenoxy) is 1. The molecule has 0 aromatic carbocycles. The van der Waals surface area contributed by atoms with E-state index >= 15 is 0 Å². The van der Waals surface area contributed by atoms with Crippen LogP contribution in [-0.2, 0) is 14.3 Å². The number of aryl methyl sites for hydroxylation is 1. The first-order valence-electron chi connectivity index (χ1n) is 11.0. The summed E-state index contributed by atoms with van der Waals surface area (Å²) in [6.45, 7) is 5.63. The number of pyridine rings is 2. The van der Waals surface area contributed by atoms with Crippen molar-refractivity contribution in [1.29, 1.82) is 0 Å². The van der Waals surface area contributed by atoms with Gasteiger partial charge >= 0.3 is 0 Å². The predicted octanol–water partition coefficient (Wildman–Crippen LogP) is 1.79. The normalized spacial score (nSPS) is 21.2. The number of imidazole rings is 1. The number of hydrogen-bond donors (Lipinski definition) is 1. The number of carbonyl (C=O) groups excluding carboxylic acids is 2. The van der Waals surface area contributed by atoms with Crippen molar-refractivity contribution >= 4 is 23.1 Å². The maximum atomic E-state index is 13.2. The van der Waals surface area contributed by atoms with E-state index in [9.17, 15) is 14.7 Å². The summed E-state index contributed by atoms with van der Waals surface area (Å²) in [6, 6.07) is 8.34. The van der Waals surface area contributed by atoms with Gasteiger partial charge in [-0.25, -0.2) is 4.98 Å². The third-order valence-electron chi connectivity index (χ3n) is 6.25. The number of Topliss-reactive ketones (excluding diaryl/α,β-unsaturated/α-hetero) is 1. The zero-order valence-corrected chi connectivity index (χ0v) is 18.3. The minimum Gasteiger partial charge on any atom is -0.505 e. The third kappa shape index (κ3) is 3.79. The number of carbonyl (C=O) groups is 2. The summed E-state index contributed by atoms with van der Waals surface area (Å²) in [6.07, 6.45) is 5.02. The van der Waals surface area contributed by atoms with Crippen molar-refractivity contribution in [3.8, 4) is 0 Å². The van der Waals surface area contributed by atoms with E-state index in [0.29, 0.717) is 43.3 Å². The molecule has 0 aliphatic carbocycles. The Labute approximate surface area is 190 Å². The fourth-order valence-corrected chi connectivity index (χ4v) is 4.60. The van der Waals surface area contributed by atoms with Crippen molar-refractivity contribution < 1.29 is 19.4 Å². The summed E-state index contributed by atoms with van der Waals surface area (Å²) in [5, 5.41) is 11.4. The van der Waals surface area contributed by atoms with Crippen LogP contribution >= 0.6 is 0 Å². The molecule has 3 aromatic heterocycles. The number of amides is 1. The van der Waals surface area contributed by atoms with Gasteiger partial charge in [-0.1, -0.05) is 6.07 Å². The highest BCUT2D eigenvalue weighted by Crippen LogP contribution is 2.39. The lowest BCUT2D eigenvalue weighted by Crippen LogP contribution is -2.42. The minimum atomic E-state index is -0.706. The van der Waals surface area contributed by atoms with Crippen molar-refractivity contribution in [1.82, 2.24) is 24.2 Å². The van der Waals surface area contributed by atoms with Gasteiger partial charge in [-0.2, -0.15) is 0 Å². The van der Waals surface area contributed by atoms with Crippen LogP contribution in [0.4, 0.5) is 0 Å². The average Bonchev–Trinajstić information content (AvgIpc) is 3.31. The zero-order chi connectivity index (χ0) is 22.9. The largest absolute Gasteiger partial charge is 0.505 e. The molecular formula is C24H25N5O4. The number of aromatic nitrogens is 3. The SMILES string of the molecule is Cc1nc2ccccn2c1/C(O)=C1\C(=O)C(=O)N(CCN2CCOCC2)[C@H]1c1ccncc1. The highest BCUT2D eigenvalue weighted by molar-refractivity contribution is 6.46. The second-order valence-corrected chi connectivity index (χ2v) is 8.20. The van der Waals surface area contributed by atoms with Crippen molar-refractivity contribution in [2.24, 2.45) is 0 Å². The molecule has 0 spiro atoms. The molecule has 5 rings (SSSR count). The van der Waals surface area contributed by atoms with Crippen LogP contribution in [0, 0.1) is 6.92 Å². The van der Waals surface area contributed by atoms with Crippen molar-refractivity contribution in [2.75, 3.05) is 39.4 Å². The first kappa shape index (κ1) is 21.3. The maximum Gasteiger partial charge on any atom is 0.295 e. The highest BCUT2D eigenvalue weighted by atomic mass is 16.5. The molecule has 0 saturated carbocycles. The van der Waals surface area contributed by atoms with Gasteiger partial charge < -0.3 is 14.7 Å². The van der Waals surface area contributed by atoms with E-state index in [1.165, 1.54) is 0 Å². The smallest absolute Gasteiger partial charge is 0.295 e. The van der Waals surface area contributed by atoms with Crippen LogP contribution in [0.3, 0.4) is 0 Å². The van der Waals surface area contributed by atoms with Crippen LogP contribution in [-0.4, -0.2) is 80.4 Å². The van der Waals surface area contributed by atoms with Gasteiger partial charge in [0, 0.05) is 44.8 Å². The summed E-state index contributed by atoms with van der Waals surface area (Å²) in [4.78, 5) is 38.7. The van der Waals surface area contributed by atoms with E-state index in [2.05, 4.69) is 14.9 Å². The second kappa shape index (κ2) is 8.76. The number of nitrogens with zero attached hydrogens (tertiary/aromatic N) is 5. The molecule has 0 radical (unpaired) electrons. The van der Waals surface area contributed by atoms with Crippen LogP contribution in [0.25, 0.3) is 11.4 Å². The number of likely N-dealkylation sites (tertiary alicyclic amines) is 1. The molecule has 0 unspecified atom stereocenters. The molecule has 5 heterocycles. The van der Waals surface area contributed by atoms with Crippen LogP contribution in [0.15, 0.2) is 54.5 Å². The van der Waals surface area contributed by atoms with Crippen molar-refractivity contribution in [3.63, 3.8) is 0 Å². The molecule has 0 bridgehead atoms. The van der Waals surface area contributed by atoms with Gasteiger partial charge in [0.05, 0.1) is 30.5 Å². The van der Waals surface area contributed by atoms with E-state index in [0.717, 1.165) is 18.7 Å². The molecule has 170 valence electrons. The number of hydrogen-bond acceptors (Lipinski definition) is 7. The Morgan fingerprint density at radius 1 is 1.12 bits per heavy atom. The van der Waals surface area contributed by atoms with Crippen molar-refractivity contribution in [3.05, 3.63) is 71.4 Å². The number of rotatable bonds is 5. The van der Waals surface area contributed by atoms with Crippen molar-refractivity contribution in [2.45, 2.75) is 13.0 Å². The number of fused-ring (bicyclic) bond motifs is 1. The molecule has 9 heteroatoms. The third-order valence-corrected chi connectivity index (χ3v) is 6.25. The Morgan fingerprint density at radius 2 is 1.88 bits per heavy atom. The van der Waals surface area contributed by atoms with E-state index in [-0.39, 0.29) is 11.3 Å². The van der Waals surface area contributed by atoms with Gasteiger partial charge in [0.15, 0.2) is 5.76 Å². The summed E-state index contributed by atoms with van der Waals surface area (Å²) in [5.41, 5.74) is 2.43. The van der Waals surface area contributed by atoms with E-state index in [1.54, 1.807) is 46.9 Å². The number of morpholine rings is 1. The molecule has 2 aliphatic rings. The molecule has 9 nitrogen and oxygen atoms in total. The summed E-state index contributed by atoms with van der Waals surface area (Å²) < 4.78 is 7.14. The molecule has 1 amide bonds. The average molecular weight is 447 g/mol. The highest BCUT2D eigenvalue weighted by Gasteiger charge is 2.46. The van der Waals surface area contributed by atoms with Crippen LogP contribution < -0.4 is 0 Å². The molecule has 2 saturated heterocycles. The van der Waals surface area contributed by atoms with Crippen LogP contribution in [0.2, 0.25) is 0 Å². The first-order valence-corrected chi connectivity index (χ1v) is 11.0. The lowest BCUT2D eigenvalue weighted by Gasteiger charge is -2.30. The van der Waals surface area contributed by atoms with Crippen LogP contribution in [0.5, 0.6) is 0 Å². The molecule has 1 N–H and O–H groups in total. The predicted molar refractivity (Wildman–Crippen MR) is 120 cm³/mol. The lowest BCUT2D eigenvalue weighted by atomic mass is 9.97. The van der Waals surface area contributed by atoms with Gasteiger partial charge in [0.25, 0.3) is 11.7 Å². The molecular weight excluding hydrogens is 422 g/mol. The lowest BCUT2D eigenvalue weighted by molar-refractivity contribution is -0.140. The van der Waals surface area contributed by atoms with Gasteiger partial charge in [-0.05, 0) is 36.8 Å². The fraction of sp³-hybridized carbons (Fsp3) is 0.333. The van der Waals surface area contributed by atoms with E-state index in [1.807, 2.05) is 18.2 Å². The van der Waals surface area contributed by atoms with Crippen LogP contribution in [0.1, 0.15) is 23.0 Å². The van der Waals surface area contributed by atoms with E-state index in [4.69, 9.17) is 4.74 Å². The van der Waals surface area contributed by atoms with Gasteiger partial charge in [0.2, 0.25) is 0 Å². The summed E-state index contributed by atoms with van der Waals surface area (Å²) in [7, 11) is 0. The standard InChI is InChI=1S/C24H25N5O4/c1-16-20(28-9-3-2-4-18(28)26-16)22(30)19-21(17-5-7-25-8-6-17)29(24(32)23(19)31)11-10-27-12-14-33-15-13-27/h2-9,21,30H,10-15H2,1H3/b22-19+/t21-/m0/s1. The monoisotopic (exact) mass is 447 g/mol. The molecule has 3 aromatic rings. The van der Waals surface area contributed by atoms with E-state index < -0.39 is 17.7 Å². The second-order valence-electron chi connectivity index (χ2n) is 8.20. The Balaban J connectivity index is 1.59. The Morgan fingerprint density at radius 3 is 2.64 bits per heavy atom. The minimum absolute atomic E-state index is 0.0712. The zero-order valence-electron chi connectivity index (χ0n) is 18.3. The van der Waals surface area contributed by atoms with Gasteiger partial charge in [0.1, 0.15) is 11.3 Å². The molecule has 2 fully saturated rings. The summed E-state index contributed by atoms with van der Waals surface area (Å²) >= 11 is 0. The fourth-order valence-electron chi connectivity index (χ4n) is 4.60. The Bertz CT molecular complexity index is 1230. The Hall–Kier alpha value is -3.56. The molecule has 33 heavy (non-hydrogen) atoms. The molecule has 1 atom stereocenters. The van der Waals surface area contributed by atoms with Gasteiger partial charge in [-0.3, -0.25) is 23.9 Å². The van der Waals surface area contributed by atoms with Gasteiger partial charge in [-0.15, -0.1) is 0 Å². The topological polar surface area (TPSA) is 100 Å². The quantitative estimate of drug-likeness (QED) is 0.362. The summed E-state index contributed by atoms with van der Waals surface area (Å²) in [5.74, 6) is -1.53. The molecule has 2 aliphatic heterocycles. The first-order chi connectivity index (χ1) is 16.1. The maximum absolute atomic E-state index is 13.2. The Kier molecular flexibility index (Phi) is 5.65. The number of ketones is 1. The number of aliphatic hydroxyl groups excluding tert-OH is 1. The number of aliphatic hydroxyl groups is 1.